The Balaban J connectivity index is 4.55. The van der Waals surface area contributed by atoms with Crippen LogP contribution in [0.3, 0.4) is 0 Å². The molecule has 0 aromatic rings. The second-order valence-electron chi connectivity index (χ2n) is 3.08. The summed E-state index contributed by atoms with van der Waals surface area (Å²) in [6, 6.07) is 0. The molecule has 0 unspecified atom stereocenters. The van der Waals surface area contributed by atoms with Crippen molar-refractivity contribution < 1.29 is 19.1 Å². The third-order valence-corrected chi connectivity index (χ3v) is 1.93. The monoisotopic (exact) mass is 248 g/mol. The number of allylic oxidation sites excluding steroid dienone is 2. The molecule has 0 spiro atoms. The summed E-state index contributed by atoms with van der Waals surface area (Å²) in [5.74, 6) is -2.07. The van der Waals surface area contributed by atoms with Gasteiger partial charge in [-0.2, -0.15) is 0 Å². The molecule has 4 nitrogen and oxygen atoms in total. The number of carbonyl (C=O) groups is 2. The molecule has 0 aliphatic carbocycles. The second kappa shape index (κ2) is 8.16. The molecular formula is C11H17ClO4. The van der Waals surface area contributed by atoms with Crippen molar-refractivity contribution in [3.63, 3.8) is 0 Å². The van der Waals surface area contributed by atoms with Gasteiger partial charge in [0.25, 0.3) is 0 Å². The Kier molecular flexibility index (Phi) is 7.64. The van der Waals surface area contributed by atoms with E-state index in [-0.39, 0.29) is 19.6 Å². The topological polar surface area (TPSA) is 52.6 Å². The fraction of sp³-hybridized carbons (Fsp3) is 0.636. The maximum atomic E-state index is 11.5. The lowest BCUT2D eigenvalue weighted by atomic mass is 10.1. The van der Waals surface area contributed by atoms with Crippen LogP contribution in [0.2, 0.25) is 0 Å². The summed E-state index contributed by atoms with van der Waals surface area (Å²) in [5.41, 5.74) is 0. The van der Waals surface area contributed by atoms with Crippen LogP contribution in [0.4, 0.5) is 0 Å². The Morgan fingerprint density at radius 3 is 1.94 bits per heavy atom. The minimum absolute atomic E-state index is 0.201. The van der Waals surface area contributed by atoms with Crippen LogP contribution in [0.5, 0.6) is 0 Å². The molecule has 0 rings (SSSR count). The quantitative estimate of drug-likeness (QED) is 0.534. The maximum absolute atomic E-state index is 11.5. The molecule has 0 bridgehead atoms. The molecule has 0 heterocycles. The highest BCUT2D eigenvalue weighted by Crippen LogP contribution is 2.12. The minimum atomic E-state index is -0.923. The second-order valence-corrected chi connectivity index (χ2v) is 3.68. The highest BCUT2D eigenvalue weighted by Gasteiger charge is 2.28. The number of hydrogen-bond acceptors (Lipinski definition) is 4. The van der Waals surface area contributed by atoms with Crippen LogP contribution in [-0.4, -0.2) is 25.2 Å². The van der Waals surface area contributed by atoms with Gasteiger partial charge in [0, 0.05) is 5.03 Å². The highest BCUT2D eigenvalue weighted by molar-refractivity contribution is 6.29. The fourth-order valence-corrected chi connectivity index (χ4v) is 1.14. The van der Waals surface area contributed by atoms with Crippen molar-refractivity contribution in [2.75, 3.05) is 13.2 Å². The Hall–Kier alpha value is -1.03. The van der Waals surface area contributed by atoms with E-state index in [2.05, 4.69) is 0 Å². The van der Waals surface area contributed by atoms with Crippen LogP contribution >= 0.6 is 11.6 Å². The molecule has 0 aromatic heterocycles. The number of esters is 2. The zero-order valence-electron chi connectivity index (χ0n) is 9.79. The fourth-order valence-electron chi connectivity index (χ4n) is 1.05. The lowest BCUT2D eigenvalue weighted by Gasteiger charge is -2.12. The Labute approximate surface area is 101 Å². The van der Waals surface area contributed by atoms with Gasteiger partial charge in [-0.25, -0.2) is 0 Å². The van der Waals surface area contributed by atoms with Gasteiger partial charge in [-0.05, 0) is 27.2 Å². The van der Waals surface area contributed by atoms with Gasteiger partial charge in [0.1, 0.15) is 0 Å². The molecule has 0 atom stereocenters. The molecule has 0 amide bonds. The van der Waals surface area contributed by atoms with E-state index in [1.807, 2.05) is 0 Å². The summed E-state index contributed by atoms with van der Waals surface area (Å²) in [5, 5.41) is 0.526. The zero-order chi connectivity index (χ0) is 12.6. The van der Waals surface area contributed by atoms with E-state index in [0.717, 1.165) is 0 Å². The van der Waals surface area contributed by atoms with Crippen molar-refractivity contribution in [2.45, 2.75) is 27.2 Å². The van der Waals surface area contributed by atoms with E-state index in [1.165, 1.54) is 0 Å². The summed E-state index contributed by atoms with van der Waals surface area (Å²) in [7, 11) is 0. The predicted molar refractivity (Wildman–Crippen MR) is 61.0 cm³/mol. The molecule has 0 aliphatic rings. The van der Waals surface area contributed by atoms with Crippen molar-refractivity contribution >= 4 is 23.5 Å². The van der Waals surface area contributed by atoms with Crippen LogP contribution in [-0.2, 0) is 19.1 Å². The van der Waals surface area contributed by atoms with Crippen molar-refractivity contribution in [1.29, 1.82) is 0 Å². The van der Waals surface area contributed by atoms with Crippen molar-refractivity contribution in [2.24, 2.45) is 5.92 Å². The molecule has 0 radical (unpaired) electrons. The zero-order valence-corrected chi connectivity index (χ0v) is 10.5. The van der Waals surface area contributed by atoms with Gasteiger partial charge in [-0.15, -0.1) is 0 Å². The van der Waals surface area contributed by atoms with E-state index in [9.17, 15) is 9.59 Å². The van der Waals surface area contributed by atoms with Crippen LogP contribution < -0.4 is 0 Å². The molecule has 92 valence electrons. The van der Waals surface area contributed by atoms with E-state index < -0.39 is 17.9 Å². The van der Waals surface area contributed by atoms with Gasteiger partial charge in [0.05, 0.1) is 13.2 Å². The number of ether oxygens (including phenoxy) is 2. The first-order chi connectivity index (χ1) is 7.52. The lowest BCUT2D eigenvalue weighted by molar-refractivity contribution is -0.161. The van der Waals surface area contributed by atoms with Gasteiger partial charge in [0.15, 0.2) is 5.92 Å². The number of halogens is 1. The van der Waals surface area contributed by atoms with Gasteiger partial charge < -0.3 is 9.47 Å². The molecule has 0 aliphatic heterocycles. The van der Waals surface area contributed by atoms with Crippen LogP contribution in [0.1, 0.15) is 27.2 Å². The molecule has 0 saturated heterocycles. The molecule has 0 aromatic carbocycles. The SMILES string of the molecule is CCOC(=O)C(CC=C(C)Cl)C(=O)OCC. The summed E-state index contributed by atoms with van der Waals surface area (Å²) >= 11 is 5.64. The number of rotatable bonds is 6. The maximum Gasteiger partial charge on any atom is 0.320 e. The third-order valence-electron chi connectivity index (χ3n) is 1.78. The Morgan fingerprint density at radius 1 is 1.19 bits per heavy atom. The number of hydrogen-bond donors (Lipinski definition) is 0. The van der Waals surface area contributed by atoms with E-state index >= 15 is 0 Å². The standard InChI is InChI=1S/C11H17ClO4/c1-4-15-10(13)9(7-6-8(3)12)11(14)16-5-2/h6,9H,4-5,7H2,1-3H3. The molecular weight excluding hydrogens is 232 g/mol. The smallest absolute Gasteiger partial charge is 0.320 e. The van der Waals surface area contributed by atoms with Gasteiger partial charge >= 0.3 is 11.9 Å². The molecule has 0 N–H and O–H groups in total. The van der Waals surface area contributed by atoms with Crippen molar-refractivity contribution in [3.8, 4) is 0 Å². The van der Waals surface area contributed by atoms with E-state index in [0.29, 0.717) is 5.03 Å². The lowest BCUT2D eigenvalue weighted by Crippen LogP contribution is -2.27. The van der Waals surface area contributed by atoms with Gasteiger partial charge in [-0.1, -0.05) is 17.7 Å². The Bertz CT molecular complexity index is 251. The van der Waals surface area contributed by atoms with Crippen LogP contribution in [0.25, 0.3) is 0 Å². The van der Waals surface area contributed by atoms with Gasteiger partial charge in [-0.3, -0.25) is 9.59 Å². The largest absolute Gasteiger partial charge is 0.465 e. The van der Waals surface area contributed by atoms with Crippen molar-refractivity contribution in [1.82, 2.24) is 0 Å². The normalized spacial score (nSPS) is 11.4. The van der Waals surface area contributed by atoms with Crippen LogP contribution in [0.15, 0.2) is 11.1 Å². The predicted octanol–water partition coefficient (Wildman–Crippen LogP) is 2.26. The number of carbonyl (C=O) groups excluding carboxylic acids is 2. The molecule has 0 fully saturated rings. The third kappa shape index (κ3) is 5.75. The van der Waals surface area contributed by atoms with Crippen molar-refractivity contribution in [3.05, 3.63) is 11.1 Å². The molecule has 5 heteroatoms. The first kappa shape index (κ1) is 15.0. The highest BCUT2D eigenvalue weighted by atomic mass is 35.5. The molecule has 16 heavy (non-hydrogen) atoms. The minimum Gasteiger partial charge on any atom is -0.465 e. The average Bonchev–Trinajstić information content (AvgIpc) is 2.18. The first-order valence-electron chi connectivity index (χ1n) is 5.18. The van der Waals surface area contributed by atoms with Gasteiger partial charge in [0.2, 0.25) is 0 Å². The summed E-state index contributed by atoms with van der Waals surface area (Å²) < 4.78 is 9.58. The summed E-state index contributed by atoms with van der Waals surface area (Å²) in [4.78, 5) is 23.0. The first-order valence-corrected chi connectivity index (χ1v) is 5.56. The summed E-state index contributed by atoms with van der Waals surface area (Å²) in [6.07, 6.45) is 1.80. The van der Waals surface area contributed by atoms with Crippen LogP contribution in [0, 0.1) is 5.92 Å². The van der Waals surface area contributed by atoms with E-state index in [1.54, 1.807) is 26.8 Å². The van der Waals surface area contributed by atoms with E-state index in [4.69, 9.17) is 21.1 Å². The molecule has 0 saturated carbocycles. The average molecular weight is 249 g/mol. The summed E-state index contributed by atoms with van der Waals surface area (Å²) in [6.45, 7) is 5.51. The Morgan fingerprint density at radius 2 is 1.62 bits per heavy atom.